The second-order valence-corrected chi connectivity index (χ2v) is 9.47. The van der Waals surface area contributed by atoms with Crippen molar-refractivity contribution in [2.24, 2.45) is 5.92 Å². The molecule has 1 saturated heterocycles. The van der Waals surface area contributed by atoms with E-state index in [9.17, 15) is 17.2 Å². The lowest BCUT2D eigenvalue weighted by Gasteiger charge is -2.39. The van der Waals surface area contributed by atoms with Gasteiger partial charge in [-0.1, -0.05) is 13.8 Å². The van der Waals surface area contributed by atoms with E-state index in [0.29, 0.717) is 24.4 Å². The summed E-state index contributed by atoms with van der Waals surface area (Å²) in [6.45, 7) is 6.92. The van der Waals surface area contributed by atoms with Gasteiger partial charge in [-0.2, -0.15) is 0 Å². The molecule has 0 N–H and O–H groups in total. The molecule has 0 bridgehead atoms. The Morgan fingerprint density at radius 2 is 1.46 bits per heavy atom. The highest BCUT2D eigenvalue weighted by atomic mass is 32.2. The summed E-state index contributed by atoms with van der Waals surface area (Å²) in [6, 6.07) is 10.1. The molecule has 0 aromatic heterocycles. The zero-order valence-electron chi connectivity index (χ0n) is 16.2. The number of hydrogen-bond acceptors (Lipinski definition) is 3. The summed E-state index contributed by atoms with van der Waals surface area (Å²) in [5, 5.41) is 0. The van der Waals surface area contributed by atoms with Crippen LogP contribution in [0.1, 0.15) is 26.7 Å². The van der Waals surface area contributed by atoms with Crippen LogP contribution in [0, 0.1) is 17.6 Å². The SMILES string of the molecule is CC(C)CN1CCC(N(c2ccc(F)cc2)S(=O)(=O)c2ccc(F)cc2)CC1. The van der Waals surface area contributed by atoms with Crippen LogP contribution in [0.2, 0.25) is 0 Å². The van der Waals surface area contributed by atoms with Crippen molar-refractivity contribution in [1.29, 1.82) is 0 Å². The third-order valence-electron chi connectivity index (χ3n) is 4.96. The number of hydrogen-bond donors (Lipinski definition) is 0. The quantitative estimate of drug-likeness (QED) is 0.716. The lowest BCUT2D eigenvalue weighted by atomic mass is 10.0. The molecule has 3 rings (SSSR count). The van der Waals surface area contributed by atoms with Crippen LogP contribution in [0.3, 0.4) is 0 Å². The van der Waals surface area contributed by atoms with Gasteiger partial charge in [0.1, 0.15) is 11.6 Å². The number of piperidine rings is 1. The smallest absolute Gasteiger partial charge is 0.264 e. The first-order valence-electron chi connectivity index (χ1n) is 9.55. The number of benzene rings is 2. The average Bonchev–Trinajstić information content (AvgIpc) is 2.65. The summed E-state index contributed by atoms with van der Waals surface area (Å²) in [5.74, 6) is -0.364. The van der Waals surface area contributed by atoms with Gasteiger partial charge in [0.2, 0.25) is 0 Å². The van der Waals surface area contributed by atoms with Gasteiger partial charge in [0, 0.05) is 25.7 Å². The molecule has 1 aliphatic heterocycles. The predicted octanol–water partition coefficient (Wildman–Crippen LogP) is 4.28. The molecule has 1 fully saturated rings. The minimum absolute atomic E-state index is 0.0304. The molecular weight excluding hydrogens is 382 g/mol. The first-order chi connectivity index (χ1) is 13.3. The Morgan fingerprint density at radius 1 is 0.964 bits per heavy atom. The molecule has 4 nitrogen and oxygen atoms in total. The fourth-order valence-electron chi connectivity index (χ4n) is 3.71. The van der Waals surface area contributed by atoms with Gasteiger partial charge in [0.05, 0.1) is 10.6 Å². The van der Waals surface area contributed by atoms with Gasteiger partial charge >= 0.3 is 0 Å². The lowest BCUT2D eigenvalue weighted by Crippen LogP contribution is -2.48. The zero-order chi connectivity index (χ0) is 20.3. The maximum Gasteiger partial charge on any atom is 0.264 e. The highest BCUT2D eigenvalue weighted by Gasteiger charge is 2.34. The maximum absolute atomic E-state index is 13.4. The molecule has 0 aliphatic carbocycles. The Balaban J connectivity index is 1.92. The molecule has 0 saturated carbocycles. The number of sulfonamides is 1. The minimum Gasteiger partial charge on any atom is -0.303 e. The van der Waals surface area contributed by atoms with Crippen molar-refractivity contribution in [3.05, 3.63) is 60.2 Å². The second-order valence-electron chi connectivity index (χ2n) is 7.66. The molecule has 152 valence electrons. The predicted molar refractivity (Wildman–Crippen MR) is 107 cm³/mol. The van der Waals surface area contributed by atoms with Gasteiger partial charge in [0.15, 0.2) is 0 Å². The van der Waals surface area contributed by atoms with E-state index in [-0.39, 0.29) is 10.9 Å². The van der Waals surface area contributed by atoms with E-state index in [1.54, 1.807) is 0 Å². The molecule has 0 spiro atoms. The number of halogens is 2. The van der Waals surface area contributed by atoms with Crippen LogP contribution in [0.5, 0.6) is 0 Å². The van der Waals surface area contributed by atoms with Gasteiger partial charge in [-0.25, -0.2) is 17.2 Å². The Kier molecular flexibility index (Phi) is 6.35. The highest BCUT2D eigenvalue weighted by Crippen LogP contribution is 2.31. The molecule has 0 amide bonds. The van der Waals surface area contributed by atoms with Crippen LogP contribution < -0.4 is 4.31 Å². The molecule has 0 unspecified atom stereocenters. The van der Waals surface area contributed by atoms with Crippen LogP contribution in [0.4, 0.5) is 14.5 Å². The maximum atomic E-state index is 13.4. The van der Waals surface area contributed by atoms with Crippen molar-refractivity contribution in [1.82, 2.24) is 4.90 Å². The first kappa shape index (κ1) is 20.7. The third kappa shape index (κ3) is 4.70. The summed E-state index contributed by atoms with van der Waals surface area (Å²) in [5.41, 5.74) is 0.424. The van der Waals surface area contributed by atoms with Gasteiger partial charge in [-0.05, 0) is 67.3 Å². The van der Waals surface area contributed by atoms with Crippen molar-refractivity contribution < 1.29 is 17.2 Å². The molecule has 1 heterocycles. The normalized spacial score (nSPS) is 16.5. The molecule has 2 aromatic rings. The molecule has 2 aromatic carbocycles. The molecule has 0 radical (unpaired) electrons. The van der Waals surface area contributed by atoms with Crippen molar-refractivity contribution in [2.45, 2.75) is 37.6 Å². The lowest BCUT2D eigenvalue weighted by molar-refractivity contribution is 0.194. The van der Waals surface area contributed by atoms with E-state index in [1.807, 2.05) is 0 Å². The van der Waals surface area contributed by atoms with E-state index in [1.165, 1.54) is 40.7 Å². The summed E-state index contributed by atoms with van der Waals surface area (Å²) in [7, 11) is -3.90. The van der Waals surface area contributed by atoms with Gasteiger partial charge in [-0.15, -0.1) is 0 Å². The third-order valence-corrected chi connectivity index (χ3v) is 6.86. The molecule has 1 aliphatic rings. The molecule has 7 heteroatoms. The summed E-state index contributed by atoms with van der Waals surface area (Å²) < 4.78 is 54.9. The molecule has 28 heavy (non-hydrogen) atoms. The number of nitrogens with zero attached hydrogens (tertiary/aromatic N) is 2. The molecular formula is C21H26F2N2O2S. The Labute approximate surface area is 165 Å². The minimum atomic E-state index is -3.90. The van der Waals surface area contributed by atoms with Crippen LogP contribution in [-0.4, -0.2) is 39.0 Å². The van der Waals surface area contributed by atoms with Crippen molar-refractivity contribution in [2.75, 3.05) is 23.9 Å². The number of likely N-dealkylation sites (tertiary alicyclic amines) is 1. The van der Waals surface area contributed by atoms with Gasteiger partial charge in [0.25, 0.3) is 10.0 Å². The van der Waals surface area contributed by atoms with Crippen LogP contribution in [0.25, 0.3) is 0 Å². The zero-order valence-corrected chi connectivity index (χ0v) is 17.0. The van der Waals surface area contributed by atoms with Crippen molar-refractivity contribution in [3.63, 3.8) is 0 Å². The monoisotopic (exact) mass is 408 g/mol. The summed E-state index contributed by atoms with van der Waals surface area (Å²) in [4.78, 5) is 2.37. The Hall–Kier alpha value is -1.99. The first-order valence-corrected chi connectivity index (χ1v) is 11.0. The number of anilines is 1. The standard InChI is InChI=1S/C21H26F2N2O2S/c1-16(2)15-24-13-11-20(12-14-24)25(19-7-3-17(22)4-8-19)28(26,27)21-9-5-18(23)6-10-21/h3-10,16,20H,11-15H2,1-2H3. The van der Waals surface area contributed by atoms with Gasteiger partial charge < -0.3 is 4.90 Å². The van der Waals surface area contributed by atoms with Gasteiger partial charge in [-0.3, -0.25) is 4.31 Å². The summed E-state index contributed by atoms with van der Waals surface area (Å²) >= 11 is 0. The Morgan fingerprint density at radius 3 is 1.96 bits per heavy atom. The molecule has 0 atom stereocenters. The highest BCUT2D eigenvalue weighted by molar-refractivity contribution is 7.92. The fraction of sp³-hybridized carbons (Fsp3) is 0.429. The number of rotatable bonds is 6. The second kappa shape index (κ2) is 8.57. The summed E-state index contributed by atoms with van der Waals surface area (Å²) in [6.07, 6.45) is 1.37. The fourth-order valence-corrected chi connectivity index (χ4v) is 5.42. The van der Waals surface area contributed by atoms with Crippen LogP contribution in [0.15, 0.2) is 53.4 Å². The van der Waals surface area contributed by atoms with E-state index in [2.05, 4.69) is 18.7 Å². The van der Waals surface area contributed by atoms with Crippen LogP contribution >= 0.6 is 0 Å². The van der Waals surface area contributed by atoms with Crippen molar-refractivity contribution in [3.8, 4) is 0 Å². The average molecular weight is 409 g/mol. The van der Waals surface area contributed by atoms with E-state index >= 15 is 0 Å². The van der Waals surface area contributed by atoms with E-state index < -0.39 is 21.7 Å². The Bertz CT molecular complexity index is 876. The largest absolute Gasteiger partial charge is 0.303 e. The topological polar surface area (TPSA) is 40.6 Å². The van der Waals surface area contributed by atoms with Crippen molar-refractivity contribution >= 4 is 15.7 Å². The van der Waals surface area contributed by atoms with E-state index in [0.717, 1.165) is 31.8 Å². The van der Waals surface area contributed by atoms with E-state index in [4.69, 9.17) is 0 Å². The van der Waals surface area contributed by atoms with Crippen LogP contribution in [-0.2, 0) is 10.0 Å².